The number of hydrogen-bond donors (Lipinski definition) is 1. The number of hydrogen-bond acceptors (Lipinski definition) is 2. The minimum atomic E-state index is -1.03. The molecule has 3 aromatic carbocycles. The molecule has 0 aromatic heterocycles. The zero-order chi connectivity index (χ0) is 21.8. The van der Waals surface area contributed by atoms with E-state index in [1.165, 1.54) is 18.2 Å². The molecule has 1 N–H and O–H groups in total. The smallest absolute Gasteiger partial charge is 0.341 e. The fraction of sp³-hybridized carbons (Fsp3) is 0.240. The van der Waals surface area contributed by atoms with E-state index in [4.69, 9.17) is 9.84 Å². The Bertz CT molecular complexity index is 1090. The summed E-state index contributed by atoms with van der Waals surface area (Å²) in [5.74, 6) is -1.18. The molecule has 3 nitrogen and oxygen atoms in total. The monoisotopic (exact) mass is 410 g/mol. The number of rotatable bonds is 7. The molecule has 0 heterocycles. The lowest BCUT2D eigenvalue weighted by molar-refractivity contribution is -0.139. The van der Waals surface area contributed by atoms with Crippen molar-refractivity contribution in [3.8, 4) is 16.9 Å². The minimum Gasteiger partial charge on any atom is -0.482 e. The first-order valence-corrected chi connectivity index (χ1v) is 9.75. The Morgan fingerprint density at radius 1 is 0.933 bits per heavy atom. The van der Waals surface area contributed by atoms with E-state index in [2.05, 4.69) is 0 Å². The van der Waals surface area contributed by atoms with Gasteiger partial charge in [-0.05, 0) is 96.8 Å². The molecule has 0 saturated carbocycles. The van der Waals surface area contributed by atoms with Gasteiger partial charge in [0.1, 0.15) is 17.4 Å². The van der Waals surface area contributed by atoms with Crippen molar-refractivity contribution in [3.63, 3.8) is 0 Å². The van der Waals surface area contributed by atoms with Crippen LogP contribution in [0.5, 0.6) is 5.75 Å². The van der Waals surface area contributed by atoms with Crippen LogP contribution in [0.1, 0.15) is 27.8 Å². The Balaban J connectivity index is 1.89. The molecule has 3 aromatic rings. The SMILES string of the molecule is Cc1ccc(OCC(=O)O)c(C)c1CCc1cc(-c2cccc(F)c2)cc(F)c1C. The van der Waals surface area contributed by atoms with Crippen molar-refractivity contribution < 1.29 is 23.4 Å². The second-order valence-corrected chi connectivity index (χ2v) is 7.42. The van der Waals surface area contributed by atoms with Gasteiger partial charge in [-0.2, -0.15) is 0 Å². The molecule has 0 spiro atoms. The van der Waals surface area contributed by atoms with E-state index in [0.717, 1.165) is 22.3 Å². The number of aryl methyl sites for hydroxylation is 2. The van der Waals surface area contributed by atoms with E-state index in [1.54, 1.807) is 25.1 Å². The minimum absolute atomic E-state index is 0.321. The predicted octanol–water partition coefficient (Wildman–Crippen LogP) is 5.81. The summed E-state index contributed by atoms with van der Waals surface area (Å²) in [4.78, 5) is 10.8. The van der Waals surface area contributed by atoms with Crippen LogP contribution in [0, 0.1) is 32.4 Å². The van der Waals surface area contributed by atoms with Gasteiger partial charge in [0.2, 0.25) is 0 Å². The number of carboxylic acid groups (broad SMARTS) is 1. The third-order valence-corrected chi connectivity index (χ3v) is 5.39. The molecule has 0 fully saturated rings. The van der Waals surface area contributed by atoms with E-state index < -0.39 is 12.6 Å². The molecule has 3 rings (SSSR count). The first kappa shape index (κ1) is 21.5. The Hall–Kier alpha value is -3.21. The van der Waals surface area contributed by atoms with E-state index in [0.29, 0.717) is 35.3 Å². The predicted molar refractivity (Wildman–Crippen MR) is 113 cm³/mol. The maximum atomic E-state index is 14.6. The Labute approximate surface area is 175 Å². The highest BCUT2D eigenvalue weighted by Gasteiger charge is 2.13. The van der Waals surface area contributed by atoms with Crippen LogP contribution in [0.3, 0.4) is 0 Å². The van der Waals surface area contributed by atoms with Crippen LogP contribution in [0.15, 0.2) is 48.5 Å². The number of benzene rings is 3. The molecular formula is C25H24F2O3. The third-order valence-electron chi connectivity index (χ3n) is 5.39. The van der Waals surface area contributed by atoms with Crippen LogP contribution in [-0.2, 0) is 17.6 Å². The maximum Gasteiger partial charge on any atom is 0.341 e. The van der Waals surface area contributed by atoms with Gasteiger partial charge in [0.05, 0.1) is 0 Å². The van der Waals surface area contributed by atoms with Gasteiger partial charge in [0.25, 0.3) is 0 Å². The van der Waals surface area contributed by atoms with E-state index in [-0.39, 0.29) is 11.6 Å². The molecular weight excluding hydrogens is 386 g/mol. The van der Waals surface area contributed by atoms with Gasteiger partial charge in [-0.3, -0.25) is 0 Å². The fourth-order valence-corrected chi connectivity index (χ4v) is 3.64. The molecule has 156 valence electrons. The molecule has 0 saturated heterocycles. The number of carboxylic acids is 1. The number of carbonyl (C=O) groups is 1. The number of ether oxygens (including phenoxy) is 1. The lowest BCUT2D eigenvalue weighted by Crippen LogP contribution is -2.11. The van der Waals surface area contributed by atoms with Gasteiger partial charge in [-0.1, -0.05) is 24.3 Å². The quantitative estimate of drug-likeness (QED) is 0.535. The van der Waals surface area contributed by atoms with Crippen molar-refractivity contribution in [2.75, 3.05) is 6.61 Å². The second kappa shape index (κ2) is 9.08. The third kappa shape index (κ3) is 4.85. The van der Waals surface area contributed by atoms with Crippen LogP contribution in [0.4, 0.5) is 8.78 Å². The molecule has 0 bridgehead atoms. The van der Waals surface area contributed by atoms with E-state index in [1.807, 2.05) is 26.0 Å². The van der Waals surface area contributed by atoms with Gasteiger partial charge in [0, 0.05) is 0 Å². The highest BCUT2D eigenvalue weighted by molar-refractivity contribution is 5.68. The molecule has 0 aliphatic rings. The summed E-state index contributed by atoms with van der Waals surface area (Å²) in [5, 5.41) is 8.85. The summed E-state index contributed by atoms with van der Waals surface area (Å²) in [6, 6.07) is 13.1. The lowest BCUT2D eigenvalue weighted by atomic mass is 9.92. The van der Waals surface area contributed by atoms with Crippen molar-refractivity contribution in [1.82, 2.24) is 0 Å². The molecule has 0 radical (unpaired) electrons. The summed E-state index contributed by atoms with van der Waals surface area (Å²) in [6.45, 7) is 5.23. The first-order chi connectivity index (χ1) is 14.3. The maximum absolute atomic E-state index is 14.6. The fourth-order valence-electron chi connectivity index (χ4n) is 3.64. The van der Waals surface area contributed by atoms with Crippen LogP contribution in [0.25, 0.3) is 11.1 Å². The average molecular weight is 410 g/mol. The highest BCUT2D eigenvalue weighted by Crippen LogP contribution is 2.29. The van der Waals surface area contributed by atoms with Crippen molar-refractivity contribution in [2.24, 2.45) is 0 Å². The van der Waals surface area contributed by atoms with Gasteiger partial charge < -0.3 is 9.84 Å². The lowest BCUT2D eigenvalue weighted by Gasteiger charge is -2.16. The normalized spacial score (nSPS) is 10.8. The van der Waals surface area contributed by atoms with E-state index in [9.17, 15) is 13.6 Å². The summed E-state index contributed by atoms with van der Waals surface area (Å²) in [5.41, 5.74) is 5.69. The largest absolute Gasteiger partial charge is 0.482 e. The molecule has 0 aliphatic heterocycles. The number of aliphatic carboxylic acids is 1. The van der Waals surface area contributed by atoms with Gasteiger partial charge in [-0.15, -0.1) is 0 Å². The topological polar surface area (TPSA) is 46.5 Å². The van der Waals surface area contributed by atoms with Crippen molar-refractivity contribution in [1.29, 1.82) is 0 Å². The molecule has 30 heavy (non-hydrogen) atoms. The van der Waals surface area contributed by atoms with Crippen molar-refractivity contribution in [2.45, 2.75) is 33.6 Å². The van der Waals surface area contributed by atoms with Crippen LogP contribution < -0.4 is 4.74 Å². The summed E-state index contributed by atoms with van der Waals surface area (Å²) in [6.07, 6.45) is 1.24. The standard InChI is InChI=1S/C25H24F2O3/c1-15-7-10-24(30-14-25(28)29)17(3)22(15)9-8-18-11-20(13-23(27)16(18)2)19-5-4-6-21(26)12-19/h4-7,10-13H,8-9,14H2,1-3H3,(H,28,29). The zero-order valence-corrected chi connectivity index (χ0v) is 17.3. The molecule has 0 unspecified atom stereocenters. The molecule has 5 heteroatoms. The van der Waals surface area contributed by atoms with E-state index >= 15 is 0 Å². The summed E-state index contributed by atoms with van der Waals surface area (Å²) >= 11 is 0. The molecule has 0 atom stereocenters. The van der Waals surface area contributed by atoms with Gasteiger partial charge in [0.15, 0.2) is 6.61 Å². The molecule has 0 amide bonds. The average Bonchev–Trinajstić information content (AvgIpc) is 2.70. The van der Waals surface area contributed by atoms with Crippen LogP contribution in [0.2, 0.25) is 0 Å². The van der Waals surface area contributed by atoms with Gasteiger partial charge in [-0.25, -0.2) is 13.6 Å². The Kier molecular flexibility index (Phi) is 6.50. The summed E-state index contributed by atoms with van der Waals surface area (Å²) in [7, 11) is 0. The van der Waals surface area contributed by atoms with Crippen LogP contribution in [-0.4, -0.2) is 17.7 Å². The molecule has 0 aliphatic carbocycles. The van der Waals surface area contributed by atoms with Crippen molar-refractivity contribution in [3.05, 3.63) is 88.0 Å². The van der Waals surface area contributed by atoms with Crippen LogP contribution >= 0.6 is 0 Å². The van der Waals surface area contributed by atoms with Gasteiger partial charge >= 0.3 is 5.97 Å². The highest BCUT2D eigenvalue weighted by atomic mass is 19.1. The Morgan fingerprint density at radius 3 is 2.40 bits per heavy atom. The second-order valence-electron chi connectivity index (χ2n) is 7.42. The number of halogens is 2. The zero-order valence-electron chi connectivity index (χ0n) is 17.3. The first-order valence-electron chi connectivity index (χ1n) is 9.75. The van der Waals surface area contributed by atoms with Crippen molar-refractivity contribution >= 4 is 5.97 Å². The Morgan fingerprint density at radius 2 is 1.70 bits per heavy atom. The summed E-state index contributed by atoms with van der Waals surface area (Å²) < 4.78 is 33.6.